The predicted octanol–water partition coefficient (Wildman–Crippen LogP) is 6.32. The Morgan fingerprint density at radius 1 is 0.909 bits per heavy atom. The minimum atomic E-state index is -0.344. The molecule has 0 spiro atoms. The van der Waals surface area contributed by atoms with Crippen LogP contribution in [0.25, 0.3) is 0 Å². The summed E-state index contributed by atoms with van der Waals surface area (Å²) in [7, 11) is 0. The van der Waals surface area contributed by atoms with Crippen LogP contribution < -0.4 is 4.74 Å². The molecule has 1 aliphatic heterocycles. The number of nitrogens with zero attached hydrogens (tertiary/aromatic N) is 2. The van der Waals surface area contributed by atoms with Crippen LogP contribution >= 0.6 is 34.8 Å². The molecule has 0 radical (unpaired) electrons. The van der Waals surface area contributed by atoms with E-state index in [0.717, 1.165) is 24.2 Å². The lowest BCUT2D eigenvalue weighted by molar-refractivity contribution is 0.0628. The summed E-state index contributed by atoms with van der Waals surface area (Å²) in [4.78, 5) is 17.1. The Labute approximate surface area is 207 Å². The lowest BCUT2D eigenvalue weighted by Gasteiger charge is -2.35. The Morgan fingerprint density at radius 3 is 2.42 bits per heavy atom. The number of hydrogen-bond acceptors (Lipinski definition) is 3. The minimum Gasteiger partial charge on any atom is -0.487 e. The third-order valence-electron chi connectivity index (χ3n) is 5.53. The van der Waals surface area contributed by atoms with Gasteiger partial charge in [0.2, 0.25) is 0 Å². The van der Waals surface area contributed by atoms with Gasteiger partial charge in [0.05, 0.1) is 5.02 Å². The zero-order chi connectivity index (χ0) is 23.4. The summed E-state index contributed by atoms with van der Waals surface area (Å²) in [6.45, 7) is 3.57. The monoisotopic (exact) mass is 506 g/mol. The summed E-state index contributed by atoms with van der Waals surface area (Å²) in [5.41, 5.74) is 2.37. The van der Waals surface area contributed by atoms with Crippen LogP contribution in [0, 0.1) is 5.82 Å². The van der Waals surface area contributed by atoms with Crippen LogP contribution in [0.5, 0.6) is 5.75 Å². The molecule has 0 N–H and O–H groups in total. The Morgan fingerprint density at radius 2 is 1.70 bits per heavy atom. The molecular formula is C25H22Cl3FN2O2. The molecule has 172 valence electrons. The smallest absolute Gasteiger partial charge is 0.253 e. The van der Waals surface area contributed by atoms with Gasteiger partial charge in [-0.05, 0) is 53.6 Å². The maximum absolute atomic E-state index is 13.3. The molecule has 0 bridgehead atoms. The zero-order valence-electron chi connectivity index (χ0n) is 17.7. The van der Waals surface area contributed by atoms with Gasteiger partial charge in [-0.3, -0.25) is 9.69 Å². The van der Waals surface area contributed by atoms with Crippen molar-refractivity contribution in [2.75, 3.05) is 26.2 Å². The molecule has 33 heavy (non-hydrogen) atoms. The van der Waals surface area contributed by atoms with E-state index in [0.29, 0.717) is 46.0 Å². The van der Waals surface area contributed by atoms with Gasteiger partial charge in [-0.15, -0.1) is 0 Å². The molecule has 1 amide bonds. The summed E-state index contributed by atoms with van der Waals surface area (Å²) >= 11 is 18.2. The van der Waals surface area contributed by atoms with Crippen molar-refractivity contribution >= 4 is 40.7 Å². The van der Waals surface area contributed by atoms with Crippen LogP contribution in [0.3, 0.4) is 0 Å². The van der Waals surface area contributed by atoms with Crippen molar-refractivity contribution in [1.82, 2.24) is 9.80 Å². The number of rotatable bonds is 6. The number of carbonyl (C=O) groups is 1. The first-order valence-corrected chi connectivity index (χ1v) is 11.6. The van der Waals surface area contributed by atoms with E-state index in [-0.39, 0.29) is 18.3 Å². The van der Waals surface area contributed by atoms with Crippen LogP contribution in [0.2, 0.25) is 15.1 Å². The van der Waals surface area contributed by atoms with Gasteiger partial charge in [0.25, 0.3) is 5.91 Å². The standard InChI is InChI=1S/C25H22Cl3FN2O2/c26-20-5-7-24(23(28)13-20)33-16-17-2-1-3-18(12-17)25(32)31-10-8-30(9-11-31)15-19-4-6-21(29)14-22(19)27/h1-7,12-14H,8-11,15-16H2. The van der Waals surface area contributed by atoms with Crippen LogP contribution in [0.1, 0.15) is 21.5 Å². The maximum atomic E-state index is 13.3. The molecule has 0 atom stereocenters. The Kier molecular flexibility index (Phi) is 7.76. The molecule has 4 rings (SSSR count). The second-order valence-corrected chi connectivity index (χ2v) is 9.12. The molecular weight excluding hydrogens is 486 g/mol. The average Bonchev–Trinajstić information content (AvgIpc) is 2.80. The number of carbonyl (C=O) groups excluding carboxylic acids is 1. The molecule has 0 aromatic heterocycles. The fraction of sp³-hybridized carbons (Fsp3) is 0.240. The van der Waals surface area contributed by atoms with Crippen LogP contribution in [0.4, 0.5) is 4.39 Å². The number of amides is 1. The molecule has 1 aliphatic rings. The molecule has 8 heteroatoms. The van der Waals surface area contributed by atoms with E-state index in [9.17, 15) is 9.18 Å². The highest BCUT2D eigenvalue weighted by atomic mass is 35.5. The first kappa shape index (κ1) is 23.8. The summed E-state index contributed by atoms with van der Waals surface area (Å²) in [5.74, 6) is 0.180. The van der Waals surface area contributed by atoms with Gasteiger partial charge < -0.3 is 9.64 Å². The van der Waals surface area contributed by atoms with Crippen LogP contribution in [-0.2, 0) is 13.2 Å². The summed E-state index contributed by atoms with van der Waals surface area (Å²) in [6.07, 6.45) is 0. The Bertz CT molecular complexity index is 1150. The third-order valence-corrected chi connectivity index (χ3v) is 6.41. The second-order valence-electron chi connectivity index (χ2n) is 7.87. The SMILES string of the molecule is O=C(c1cccc(COc2ccc(Cl)cc2Cl)c1)N1CCN(Cc2ccc(F)cc2Cl)CC1. The van der Waals surface area contributed by atoms with E-state index in [4.69, 9.17) is 39.5 Å². The largest absolute Gasteiger partial charge is 0.487 e. The highest BCUT2D eigenvalue weighted by Crippen LogP contribution is 2.28. The third kappa shape index (κ3) is 6.18. The maximum Gasteiger partial charge on any atom is 0.253 e. The molecule has 1 heterocycles. The molecule has 0 saturated carbocycles. The van der Waals surface area contributed by atoms with Crippen molar-refractivity contribution in [3.05, 3.63) is 98.2 Å². The lowest BCUT2D eigenvalue weighted by atomic mass is 10.1. The molecule has 3 aromatic rings. The van der Waals surface area contributed by atoms with Gasteiger partial charge in [0, 0.05) is 48.3 Å². The average molecular weight is 508 g/mol. The fourth-order valence-corrected chi connectivity index (χ4v) is 4.42. The molecule has 1 saturated heterocycles. The van der Waals surface area contributed by atoms with Crippen molar-refractivity contribution in [2.45, 2.75) is 13.2 Å². The van der Waals surface area contributed by atoms with E-state index in [2.05, 4.69) is 4.90 Å². The fourth-order valence-electron chi connectivity index (χ4n) is 3.73. The van der Waals surface area contributed by atoms with Gasteiger partial charge in [-0.1, -0.05) is 53.0 Å². The van der Waals surface area contributed by atoms with E-state index in [1.54, 1.807) is 24.3 Å². The van der Waals surface area contributed by atoms with Crippen molar-refractivity contribution < 1.29 is 13.9 Å². The topological polar surface area (TPSA) is 32.8 Å². The number of benzene rings is 3. The van der Waals surface area contributed by atoms with Crippen LogP contribution in [-0.4, -0.2) is 41.9 Å². The number of ether oxygens (including phenoxy) is 1. The van der Waals surface area contributed by atoms with Gasteiger partial charge in [-0.2, -0.15) is 0 Å². The van der Waals surface area contributed by atoms with Gasteiger partial charge >= 0.3 is 0 Å². The van der Waals surface area contributed by atoms with E-state index >= 15 is 0 Å². The molecule has 1 fully saturated rings. The zero-order valence-corrected chi connectivity index (χ0v) is 20.0. The number of hydrogen-bond donors (Lipinski definition) is 0. The van der Waals surface area contributed by atoms with Crippen molar-refractivity contribution in [2.24, 2.45) is 0 Å². The quantitative estimate of drug-likeness (QED) is 0.391. The molecule has 0 unspecified atom stereocenters. The van der Waals surface area contributed by atoms with Gasteiger partial charge in [0.15, 0.2) is 0 Å². The highest BCUT2D eigenvalue weighted by molar-refractivity contribution is 6.35. The first-order valence-electron chi connectivity index (χ1n) is 10.5. The van der Waals surface area contributed by atoms with Crippen LogP contribution in [0.15, 0.2) is 60.7 Å². The van der Waals surface area contributed by atoms with E-state index in [1.807, 2.05) is 29.2 Å². The highest BCUT2D eigenvalue weighted by Gasteiger charge is 2.23. The summed E-state index contributed by atoms with van der Waals surface area (Å²) in [5, 5.41) is 1.41. The minimum absolute atomic E-state index is 0.0131. The Balaban J connectivity index is 1.33. The second kappa shape index (κ2) is 10.7. The summed E-state index contributed by atoms with van der Waals surface area (Å²) in [6, 6.07) is 16.9. The molecule has 4 nitrogen and oxygen atoms in total. The van der Waals surface area contributed by atoms with Crippen molar-refractivity contribution in [3.63, 3.8) is 0 Å². The van der Waals surface area contributed by atoms with Gasteiger partial charge in [-0.25, -0.2) is 4.39 Å². The Hall–Kier alpha value is -2.31. The number of piperazine rings is 1. The van der Waals surface area contributed by atoms with Crippen molar-refractivity contribution in [3.8, 4) is 5.75 Å². The van der Waals surface area contributed by atoms with Crippen molar-refractivity contribution in [1.29, 1.82) is 0 Å². The van der Waals surface area contributed by atoms with E-state index < -0.39 is 0 Å². The normalized spacial score (nSPS) is 14.4. The lowest BCUT2D eigenvalue weighted by Crippen LogP contribution is -2.48. The van der Waals surface area contributed by atoms with E-state index in [1.165, 1.54) is 12.1 Å². The van der Waals surface area contributed by atoms with Gasteiger partial charge in [0.1, 0.15) is 18.2 Å². The summed E-state index contributed by atoms with van der Waals surface area (Å²) < 4.78 is 19.1. The molecule has 0 aliphatic carbocycles. The molecule has 3 aromatic carbocycles. The number of halogens is 4. The first-order chi connectivity index (χ1) is 15.9. The predicted molar refractivity (Wildman–Crippen MR) is 130 cm³/mol.